The van der Waals surface area contributed by atoms with E-state index in [0.29, 0.717) is 0 Å². The molecule has 0 fully saturated rings. The molecule has 0 spiro atoms. The lowest BCUT2D eigenvalue weighted by Gasteiger charge is -2.14. The predicted molar refractivity (Wildman–Crippen MR) is 61.9 cm³/mol. The first-order valence-corrected chi connectivity index (χ1v) is 7.02. The molecule has 0 saturated carbocycles. The van der Waals surface area contributed by atoms with Gasteiger partial charge < -0.3 is 0 Å². The van der Waals surface area contributed by atoms with Crippen LogP contribution in [0.1, 0.15) is 17.5 Å². The summed E-state index contributed by atoms with van der Waals surface area (Å²) in [4.78, 5) is -1.17. The fraction of sp³-hybridized carbons (Fsp3) is 0.364. The molecule has 0 amide bonds. The van der Waals surface area contributed by atoms with Gasteiger partial charge in [-0.15, -0.1) is 0 Å². The second-order valence-corrected chi connectivity index (χ2v) is 5.81. The van der Waals surface area contributed by atoms with Crippen molar-refractivity contribution in [3.05, 3.63) is 29.3 Å². The first-order valence-electron chi connectivity index (χ1n) is 5.54. The van der Waals surface area contributed by atoms with E-state index in [0.717, 1.165) is 0 Å². The smallest absolute Gasteiger partial charge is 0.210 e. The number of nitrogens with zero attached hydrogens (tertiary/aromatic N) is 1. The SMILES string of the molecule is N#CCCNS(=O)(=O)c1cc(C(F)(F)F)cc(C(F)(F)F)c1. The molecule has 1 aromatic rings. The van der Waals surface area contributed by atoms with E-state index in [-0.39, 0.29) is 24.6 Å². The molecule has 0 saturated heterocycles. The van der Waals surface area contributed by atoms with Crippen molar-refractivity contribution >= 4 is 10.0 Å². The predicted octanol–water partition coefficient (Wildman–Crippen LogP) is 2.92. The Kier molecular flexibility index (Phi) is 5.09. The third kappa shape index (κ3) is 4.60. The molecule has 22 heavy (non-hydrogen) atoms. The molecule has 1 N–H and O–H groups in total. The third-order valence-electron chi connectivity index (χ3n) is 2.40. The highest BCUT2D eigenvalue weighted by Gasteiger charge is 2.38. The topological polar surface area (TPSA) is 70.0 Å². The maximum atomic E-state index is 12.6. The largest absolute Gasteiger partial charge is 0.416 e. The maximum absolute atomic E-state index is 12.6. The zero-order chi connectivity index (χ0) is 17.2. The van der Waals surface area contributed by atoms with Crippen LogP contribution in [0.25, 0.3) is 0 Å². The molecule has 0 aliphatic carbocycles. The van der Waals surface area contributed by atoms with Gasteiger partial charge in [0.15, 0.2) is 0 Å². The van der Waals surface area contributed by atoms with Crippen LogP contribution in [0, 0.1) is 11.3 Å². The Hall–Kier alpha value is -1.80. The Bertz CT molecular complexity index is 656. The van der Waals surface area contributed by atoms with Crippen LogP contribution in [0.5, 0.6) is 0 Å². The van der Waals surface area contributed by atoms with E-state index in [1.165, 1.54) is 0 Å². The van der Waals surface area contributed by atoms with Crippen molar-refractivity contribution in [2.75, 3.05) is 6.54 Å². The molecule has 0 atom stereocenters. The summed E-state index contributed by atoms with van der Waals surface area (Å²) >= 11 is 0. The van der Waals surface area contributed by atoms with E-state index in [2.05, 4.69) is 0 Å². The minimum atomic E-state index is -5.14. The number of nitrogens with one attached hydrogen (secondary N) is 1. The van der Waals surface area contributed by atoms with E-state index in [4.69, 9.17) is 5.26 Å². The molecule has 4 nitrogen and oxygen atoms in total. The van der Waals surface area contributed by atoms with Crippen molar-refractivity contribution in [1.82, 2.24) is 4.72 Å². The van der Waals surface area contributed by atoms with Crippen LogP contribution in [-0.4, -0.2) is 15.0 Å². The molecule has 122 valence electrons. The Morgan fingerprint density at radius 2 is 1.45 bits per heavy atom. The summed E-state index contributed by atoms with van der Waals surface area (Å²) in [5.74, 6) is 0. The zero-order valence-electron chi connectivity index (χ0n) is 10.6. The van der Waals surface area contributed by atoms with Gasteiger partial charge in [-0.2, -0.15) is 31.6 Å². The molecular weight excluding hydrogens is 338 g/mol. The lowest BCUT2D eigenvalue weighted by molar-refractivity contribution is -0.143. The molecule has 1 rings (SSSR count). The number of benzene rings is 1. The van der Waals surface area contributed by atoms with Gasteiger partial charge in [0, 0.05) is 13.0 Å². The maximum Gasteiger partial charge on any atom is 0.416 e. The normalized spacial score (nSPS) is 13.0. The van der Waals surface area contributed by atoms with Gasteiger partial charge in [-0.25, -0.2) is 13.1 Å². The summed E-state index contributed by atoms with van der Waals surface area (Å²) in [5.41, 5.74) is -3.47. The van der Waals surface area contributed by atoms with Gasteiger partial charge in [-0.05, 0) is 18.2 Å². The molecule has 1 aromatic carbocycles. The van der Waals surface area contributed by atoms with Gasteiger partial charge in [0.25, 0.3) is 0 Å². The second kappa shape index (κ2) is 6.13. The van der Waals surface area contributed by atoms with Gasteiger partial charge in [0.1, 0.15) is 0 Å². The summed E-state index contributed by atoms with van der Waals surface area (Å²) in [6.07, 6.45) is -10.6. The van der Waals surface area contributed by atoms with Crippen molar-refractivity contribution in [2.45, 2.75) is 23.7 Å². The Morgan fingerprint density at radius 3 is 1.82 bits per heavy atom. The number of hydrogen-bond donors (Lipinski definition) is 1. The molecule has 0 aromatic heterocycles. The lowest BCUT2D eigenvalue weighted by atomic mass is 10.1. The van der Waals surface area contributed by atoms with E-state index >= 15 is 0 Å². The second-order valence-electron chi connectivity index (χ2n) is 4.05. The van der Waals surface area contributed by atoms with Crippen molar-refractivity contribution in [3.8, 4) is 6.07 Å². The highest BCUT2D eigenvalue weighted by molar-refractivity contribution is 7.89. The van der Waals surface area contributed by atoms with Crippen molar-refractivity contribution in [1.29, 1.82) is 5.26 Å². The van der Waals surface area contributed by atoms with Crippen LogP contribution in [0.2, 0.25) is 0 Å². The van der Waals surface area contributed by atoms with E-state index < -0.39 is 44.9 Å². The van der Waals surface area contributed by atoms with E-state index in [1.54, 1.807) is 10.8 Å². The summed E-state index contributed by atoms with van der Waals surface area (Å²) in [6.45, 7) is -0.434. The highest BCUT2D eigenvalue weighted by atomic mass is 32.2. The van der Waals surface area contributed by atoms with Gasteiger partial charge >= 0.3 is 12.4 Å². The van der Waals surface area contributed by atoms with E-state index in [9.17, 15) is 34.8 Å². The molecule has 0 unspecified atom stereocenters. The van der Waals surface area contributed by atoms with Crippen LogP contribution in [-0.2, 0) is 22.4 Å². The number of halogens is 6. The van der Waals surface area contributed by atoms with Crippen LogP contribution in [0.3, 0.4) is 0 Å². The minimum absolute atomic E-state index is 0.101. The van der Waals surface area contributed by atoms with Crippen molar-refractivity contribution < 1.29 is 34.8 Å². The molecule has 0 radical (unpaired) electrons. The van der Waals surface area contributed by atoms with Crippen LogP contribution in [0.4, 0.5) is 26.3 Å². The van der Waals surface area contributed by atoms with Crippen molar-refractivity contribution in [3.63, 3.8) is 0 Å². The van der Waals surface area contributed by atoms with Crippen molar-refractivity contribution in [2.24, 2.45) is 0 Å². The van der Waals surface area contributed by atoms with Gasteiger partial charge in [-0.3, -0.25) is 0 Å². The first-order chi connectivity index (χ1) is 9.88. The summed E-state index contributed by atoms with van der Waals surface area (Å²) in [6, 6.07) is 1.61. The monoisotopic (exact) mass is 346 g/mol. The summed E-state index contributed by atoms with van der Waals surface area (Å²) in [7, 11) is -4.60. The Morgan fingerprint density at radius 1 is 1.00 bits per heavy atom. The van der Waals surface area contributed by atoms with Crippen LogP contribution in [0.15, 0.2) is 23.1 Å². The number of alkyl halides is 6. The zero-order valence-corrected chi connectivity index (χ0v) is 11.4. The molecule has 0 heterocycles. The summed E-state index contributed by atoms with van der Waals surface area (Å²) in [5, 5.41) is 8.25. The Labute approximate surface area is 121 Å². The first kappa shape index (κ1) is 18.2. The van der Waals surface area contributed by atoms with E-state index in [1.807, 2.05) is 0 Å². The van der Waals surface area contributed by atoms with Crippen LogP contribution >= 0.6 is 0 Å². The fourth-order valence-corrected chi connectivity index (χ4v) is 2.51. The quantitative estimate of drug-likeness (QED) is 0.673. The number of nitriles is 1. The fourth-order valence-electron chi connectivity index (χ4n) is 1.41. The minimum Gasteiger partial charge on any atom is -0.210 e. The molecular formula is C11H8F6N2O2S. The number of sulfonamides is 1. The third-order valence-corrected chi connectivity index (χ3v) is 3.84. The van der Waals surface area contributed by atoms with Gasteiger partial charge in [-0.1, -0.05) is 0 Å². The molecule has 0 aliphatic heterocycles. The average Bonchev–Trinajstić information content (AvgIpc) is 2.36. The molecule has 0 aliphatic rings. The standard InChI is InChI=1S/C11H8F6N2O2S/c12-10(13,14)7-4-8(11(15,16)17)6-9(5-7)22(20,21)19-3-1-2-18/h4-6,19H,1,3H2. The summed E-state index contributed by atoms with van der Waals surface area (Å²) < 4.78 is 101. The highest BCUT2D eigenvalue weighted by Crippen LogP contribution is 2.37. The number of rotatable bonds is 4. The molecule has 11 heteroatoms. The average molecular weight is 346 g/mol. The molecule has 0 bridgehead atoms. The van der Waals surface area contributed by atoms with Crippen LogP contribution < -0.4 is 4.72 Å². The van der Waals surface area contributed by atoms with Gasteiger partial charge in [0.2, 0.25) is 10.0 Å². The Balaban J connectivity index is 3.39. The number of hydrogen-bond acceptors (Lipinski definition) is 3. The van der Waals surface area contributed by atoms with Gasteiger partial charge in [0.05, 0.1) is 22.1 Å². The lowest BCUT2D eigenvalue weighted by Crippen LogP contribution is -2.25.